The molecular formula is C15H18F2N6O. The molecule has 0 saturated heterocycles. The van der Waals surface area contributed by atoms with Gasteiger partial charge in [0.2, 0.25) is 5.92 Å². The first kappa shape index (κ1) is 16.3. The highest BCUT2D eigenvalue weighted by Gasteiger charge is 2.39. The van der Waals surface area contributed by atoms with Crippen LogP contribution in [-0.4, -0.2) is 37.6 Å². The number of hydrogen-bond donors (Lipinski definition) is 2. The van der Waals surface area contributed by atoms with Crippen molar-refractivity contribution < 1.29 is 13.6 Å². The molecule has 2 aromatic rings. The molecule has 2 aromatic heterocycles. The zero-order valence-corrected chi connectivity index (χ0v) is 13.4. The van der Waals surface area contributed by atoms with Crippen LogP contribution >= 0.6 is 0 Å². The van der Waals surface area contributed by atoms with Crippen LogP contribution in [0.4, 0.5) is 14.5 Å². The molecule has 1 aliphatic carbocycles. The maximum atomic E-state index is 13.3. The van der Waals surface area contributed by atoms with Crippen molar-refractivity contribution in [2.45, 2.75) is 45.1 Å². The monoisotopic (exact) mass is 336 g/mol. The van der Waals surface area contributed by atoms with Gasteiger partial charge in [0.05, 0.1) is 17.6 Å². The summed E-state index contributed by atoms with van der Waals surface area (Å²) < 4.78 is 28.1. The lowest BCUT2D eigenvalue weighted by molar-refractivity contribution is 0.00852. The van der Waals surface area contributed by atoms with Gasteiger partial charge in [-0.05, 0) is 26.3 Å². The second kappa shape index (κ2) is 5.81. The van der Waals surface area contributed by atoms with Crippen LogP contribution < -0.4 is 11.1 Å². The number of amides is 1. The SMILES string of the molecule is Cc1cc(C)n(-c2ncc(NC3CCC(F)(F)C3)c(C(N)=O)n2)n1. The Balaban J connectivity index is 1.91. The van der Waals surface area contributed by atoms with Crippen LogP contribution in [0.2, 0.25) is 0 Å². The van der Waals surface area contributed by atoms with Gasteiger partial charge in [-0.1, -0.05) is 0 Å². The number of anilines is 1. The molecule has 0 aromatic carbocycles. The van der Waals surface area contributed by atoms with E-state index in [1.807, 2.05) is 19.9 Å². The normalized spacial score (nSPS) is 19.4. The van der Waals surface area contributed by atoms with Crippen LogP contribution in [0.1, 0.15) is 41.1 Å². The lowest BCUT2D eigenvalue weighted by atomic mass is 10.2. The summed E-state index contributed by atoms with van der Waals surface area (Å²) in [4.78, 5) is 20.0. The maximum Gasteiger partial charge on any atom is 0.269 e. The molecule has 3 N–H and O–H groups in total. The van der Waals surface area contributed by atoms with E-state index in [1.54, 1.807) is 0 Å². The second-order valence-corrected chi connectivity index (χ2v) is 6.08. The van der Waals surface area contributed by atoms with E-state index in [-0.39, 0.29) is 30.2 Å². The fraction of sp³-hybridized carbons (Fsp3) is 0.467. The number of alkyl halides is 2. The molecule has 3 rings (SSSR count). The Morgan fingerprint density at radius 2 is 2.21 bits per heavy atom. The molecule has 9 heteroatoms. The second-order valence-electron chi connectivity index (χ2n) is 6.08. The van der Waals surface area contributed by atoms with Gasteiger partial charge in [-0.25, -0.2) is 23.4 Å². The van der Waals surface area contributed by atoms with Gasteiger partial charge in [-0.2, -0.15) is 5.10 Å². The molecule has 0 bridgehead atoms. The van der Waals surface area contributed by atoms with Crippen LogP contribution in [0.5, 0.6) is 0 Å². The van der Waals surface area contributed by atoms with Gasteiger partial charge in [-0.3, -0.25) is 4.79 Å². The van der Waals surface area contributed by atoms with Crippen molar-refractivity contribution in [1.82, 2.24) is 19.7 Å². The Labute approximate surface area is 137 Å². The summed E-state index contributed by atoms with van der Waals surface area (Å²) in [7, 11) is 0. The molecule has 1 saturated carbocycles. The first-order valence-electron chi connectivity index (χ1n) is 7.60. The number of halogens is 2. The molecular weight excluding hydrogens is 318 g/mol. The molecule has 1 unspecified atom stereocenters. The average Bonchev–Trinajstić information content (AvgIpc) is 3.00. The standard InChI is InChI=1S/C15H18F2N6O/c1-8-5-9(2)23(22-8)14-19-7-11(12(21-14)13(18)24)20-10-3-4-15(16,17)6-10/h5,7,10,20H,3-4,6H2,1-2H3,(H2,18,24). The zero-order chi connectivity index (χ0) is 17.5. The molecule has 0 radical (unpaired) electrons. The predicted molar refractivity (Wildman–Crippen MR) is 83.4 cm³/mol. The summed E-state index contributed by atoms with van der Waals surface area (Å²) in [6, 6.07) is 1.40. The third kappa shape index (κ3) is 3.19. The van der Waals surface area contributed by atoms with Crippen LogP contribution in [0, 0.1) is 13.8 Å². The van der Waals surface area contributed by atoms with E-state index in [2.05, 4.69) is 20.4 Å². The summed E-state index contributed by atoms with van der Waals surface area (Å²) in [5.41, 5.74) is 7.19. The first-order chi connectivity index (χ1) is 11.2. The van der Waals surface area contributed by atoms with Gasteiger partial charge in [0.25, 0.3) is 11.9 Å². The number of nitrogens with one attached hydrogen (secondary N) is 1. The fourth-order valence-electron chi connectivity index (χ4n) is 2.89. The molecule has 0 spiro atoms. The van der Waals surface area contributed by atoms with Gasteiger partial charge in [0, 0.05) is 24.6 Å². The van der Waals surface area contributed by atoms with Gasteiger partial charge < -0.3 is 11.1 Å². The minimum absolute atomic E-state index is 0.0391. The highest BCUT2D eigenvalue weighted by Crippen LogP contribution is 2.36. The molecule has 2 heterocycles. The Kier molecular flexibility index (Phi) is 3.94. The number of aryl methyl sites for hydroxylation is 2. The van der Waals surface area contributed by atoms with E-state index >= 15 is 0 Å². The number of rotatable bonds is 4. The highest BCUT2D eigenvalue weighted by atomic mass is 19.3. The smallest absolute Gasteiger partial charge is 0.269 e. The number of nitrogens with two attached hydrogens (primary N) is 1. The van der Waals surface area contributed by atoms with E-state index in [4.69, 9.17) is 5.73 Å². The summed E-state index contributed by atoms with van der Waals surface area (Å²) in [5.74, 6) is -3.24. The Morgan fingerprint density at radius 3 is 2.75 bits per heavy atom. The summed E-state index contributed by atoms with van der Waals surface area (Å²) in [5, 5.41) is 7.16. The van der Waals surface area contributed by atoms with E-state index < -0.39 is 17.9 Å². The summed E-state index contributed by atoms with van der Waals surface area (Å²) in [6.07, 6.45) is 1.23. The molecule has 0 aliphatic heterocycles. The number of carbonyl (C=O) groups is 1. The number of aromatic nitrogens is 4. The summed E-state index contributed by atoms with van der Waals surface area (Å²) >= 11 is 0. The number of carbonyl (C=O) groups excluding carboxylic acids is 1. The van der Waals surface area contributed by atoms with Gasteiger partial charge in [0.15, 0.2) is 5.69 Å². The summed E-state index contributed by atoms with van der Waals surface area (Å²) in [6.45, 7) is 3.66. The van der Waals surface area contributed by atoms with Crippen molar-refractivity contribution in [3.8, 4) is 5.95 Å². The lowest BCUT2D eigenvalue weighted by Crippen LogP contribution is -2.24. The van der Waals surface area contributed by atoms with Gasteiger partial charge in [-0.15, -0.1) is 0 Å². The number of primary amides is 1. The van der Waals surface area contributed by atoms with Crippen LogP contribution in [0.15, 0.2) is 12.3 Å². The first-order valence-corrected chi connectivity index (χ1v) is 7.60. The van der Waals surface area contributed by atoms with Gasteiger partial charge in [0.1, 0.15) is 0 Å². The Bertz CT molecular complexity index is 788. The van der Waals surface area contributed by atoms with Crippen molar-refractivity contribution in [3.05, 3.63) is 29.3 Å². The molecule has 24 heavy (non-hydrogen) atoms. The van der Waals surface area contributed by atoms with Gasteiger partial charge >= 0.3 is 0 Å². The fourth-order valence-corrected chi connectivity index (χ4v) is 2.89. The van der Waals surface area contributed by atoms with Crippen LogP contribution in [0.25, 0.3) is 5.95 Å². The highest BCUT2D eigenvalue weighted by molar-refractivity contribution is 5.96. The van der Waals surface area contributed by atoms with Crippen LogP contribution in [0.3, 0.4) is 0 Å². The molecule has 1 aliphatic rings. The Hall–Kier alpha value is -2.58. The molecule has 1 atom stereocenters. The van der Waals surface area contributed by atoms with E-state index in [1.165, 1.54) is 10.9 Å². The maximum absolute atomic E-state index is 13.3. The van der Waals surface area contributed by atoms with E-state index in [9.17, 15) is 13.6 Å². The van der Waals surface area contributed by atoms with Crippen molar-refractivity contribution >= 4 is 11.6 Å². The quantitative estimate of drug-likeness (QED) is 0.889. The third-order valence-corrected chi connectivity index (χ3v) is 3.97. The van der Waals surface area contributed by atoms with Crippen molar-refractivity contribution in [1.29, 1.82) is 0 Å². The van der Waals surface area contributed by atoms with E-state index in [0.29, 0.717) is 6.42 Å². The molecule has 7 nitrogen and oxygen atoms in total. The zero-order valence-electron chi connectivity index (χ0n) is 13.4. The van der Waals surface area contributed by atoms with Crippen LogP contribution in [-0.2, 0) is 0 Å². The lowest BCUT2D eigenvalue weighted by Gasteiger charge is -2.16. The number of nitrogens with zero attached hydrogens (tertiary/aromatic N) is 4. The number of hydrogen-bond acceptors (Lipinski definition) is 5. The molecule has 1 amide bonds. The van der Waals surface area contributed by atoms with E-state index in [0.717, 1.165) is 11.4 Å². The average molecular weight is 336 g/mol. The van der Waals surface area contributed by atoms with Crippen molar-refractivity contribution in [3.63, 3.8) is 0 Å². The topological polar surface area (TPSA) is 98.7 Å². The molecule has 128 valence electrons. The third-order valence-electron chi connectivity index (χ3n) is 3.97. The largest absolute Gasteiger partial charge is 0.379 e. The molecule has 1 fully saturated rings. The predicted octanol–water partition coefficient (Wildman–Crippen LogP) is 1.98. The minimum atomic E-state index is -2.69. The minimum Gasteiger partial charge on any atom is -0.379 e. The Morgan fingerprint density at radius 1 is 1.46 bits per heavy atom. The van der Waals surface area contributed by atoms with Crippen molar-refractivity contribution in [2.75, 3.05) is 5.32 Å². The van der Waals surface area contributed by atoms with Crippen molar-refractivity contribution in [2.24, 2.45) is 5.73 Å².